The Hall–Kier alpha value is -3.19. The van der Waals surface area contributed by atoms with Crippen molar-refractivity contribution in [2.24, 2.45) is 5.10 Å². The van der Waals surface area contributed by atoms with Crippen LogP contribution in [0.1, 0.15) is 21.6 Å². The molecule has 8 heteroatoms. The van der Waals surface area contributed by atoms with Gasteiger partial charge in [-0.3, -0.25) is 4.79 Å². The van der Waals surface area contributed by atoms with Gasteiger partial charge in [0.05, 0.1) is 28.7 Å². The molecule has 3 rings (SSSR count). The molecule has 3 aromatic rings. The number of aryl methyl sites for hydroxylation is 1. The van der Waals surface area contributed by atoms with Crippen LogP contribution in [0.5, 0.6) is 5.75 Å². The van der Waals surface area contributed by atoms with Crippen molar-refractivity contribution in [2.75, 3.05) is 0 Å². The Kier molecular flexibility index (Phi) is 4.99. The second-order valence-corrected chi connectivity index (χ2v) is 5.75. The largest absolute Gasteiger partial charge is 0.507 e. The molecule has 0 unspecified atom stereocenters. The molecule has 1 amide bonds. The molecule has 0 aliphatic heterocycles. The minimum atomic E-state index is -0.556. The highest BCUT2D eigenvalue weighted by molar-refractivity contribution is 6.32. The van der Waals surface area contributed by atoms with E-state index in [4.69, 9.17) is 11.6 Å². The first-order valence-electron chi connectivity index (χ1n) is 7.60. The normalized spacial score (nSPS) is 11.0. The summed E-state index contributed by atoms with van der Waals surface area (Å²) in [6, 6.07) is 11.8. The van der Waals surface area contributed by atoms with E-state index >= 15 is 0 Å². The van der Waals surface area contributed by atoms with E-state index in [1.54, 1.807) is 31.2 Å². The molecule has 0 fully saturated rings. The fraction of sp³-hybridized carbons (Fsp3) is 0.0556. The number of aromatic nitrogens is 2. The van der Waals surface area contributed by atoms with Crippen molar-refractivity contribution >= 4 is 23.7 Å². The first kappa shape index (κ1) is 17.6. The first-order chi connectivity index (χ1) is 12.5. The number of carbonyl (C=O) groups excluding carboxylic acids is 1. The fourth-order valence-corrected chi connectivity index (χ4v) is 2.61. The predicted molar refractivity (Wildman–Crippen MR) is 96.4 cm³/mol. The summed E-state index contributed by atoms with van der Waals surface area (Å²) in [5.41, 5.74) is 4.12. The summed E-state index contributed by atoms with van der Waals surface area (Å²) >= 11 is 6.32. The van der Waals surface area contributed by atoms with Gasteiger partial charge in [0.1, 0.15) is 16.7 Å². The standard InChI is InChI=1S/C18H14ClFN4O2/c1-11-15(10-21-22-18(26)14-4-2-3-5-16(14)25)17(19)24(23-11)13-8-6-12(20)7-9-13/h2-10,25H,1H3,(H,22,26). The lowest BCUT2D eigenvalue weighted by molar-refractivity contribution is 0.0952. The molecule has 0 aliphatic carbocycles. The molecule has 0 radical (unpaired) electrons. The summed E-state index contributed by atoms with van der Waals surface area (Å²) in [6.45, 7) is 1.73. The molecule has 2 N–H and O–H groups in total. The van der Waals surface area contributed by atoms with Crippen LogP contribution in [0.25, 0.3) is 5.69 Å². The van der Waals surface area contributed by atoms with E-state index in [2.05, 4.69) is 15.6 Å². The van der Waals surface area contributed by atoms with Gasteiger partial charge in [0.25, 0.3) is 5.91 Å². The average Bonchev–Trinajstić information content (AvgIpc) is 2.91. The van der Waals surface area contributed by atoms with Gasteiger partial charge in [-0.2, -0.15) is 10.2 Å². The lowest BCUT2D eigenvalue weighted by Gasteiger charge is -2.03. The predicted octanol–water partition coefficient (Wildman–Crippen LogP) is 3.44. The maximum atomic E-state index is 13.1. The SMILES string of the molecule is Cc1nn(-c2ccc(F)cc2)c(Cl)c1C=NNC(=O)c1ccccc1O. The molecule has 1 aromatic heterocycles. The zero-order chi connectivity index (χ0) is 18.7. The molecule has 1 heterocycles. The number of amides is 1. The van der Waals surface area contributed by atoms with Crippen molar-refractivity contribution < 1.29 is 14.3 Å². The Morgan fingerprint density at radius 1 is 1.27 bits per heavy atom. The Labute approximate surface area is 153 Å². The molecule has 2 aromatic carbocycles. The number of hydrogen-bond donors (Lipinski definition) is 2. The van der Waals surface area contributed by atoms with Gasteiger partial charge in [-0.25, -0.2) is 14.5 Å². The van der Waals surface area contributed by atoms with Gasteiger partial charge in [0.15, 0.2) is 0 Å². The van der Waals surface area contributed by atoms with Crippen LogP contribution in [0.4, 0.5) is 4.39 Å². The highest BCUT2D eigenvalue weighted by atomic mass is 35.5. The molecule has 132 valence electrons. The lowest BCUT2D eigenvalue weighted by Crippen LogP contribution is -2.17. The van der Waals surface area contributed by atoms with E-state index in [1.807, 2.05) is 0 Å². The van der Waals surface area contributed by atoms with Gasteiger partial charge in [-0.05, 0) is 43.3 Å². The smallest absolute Gasteiger partial charge is 0.275 e. The molecule has 0 saturated heterocycles. The van der Waals surface area contributed by atoms with Crippen LogP contribution in [0.3, 0.4) is 0 Å². The molecule has 0 aliphatic rings. The van der Waals surface area contributed by atoms with Crippen LogP contribution in [0.15, 0.2) is 53.6 Å². The first-order valence-corrected chi connectivity index (χ1v) is 7.97. The summed E-state index contributed by atoms with van der Waals surface area (Å²) in [5.74, 6) is -1.06. The van der Waals surface area contributed by atoms with Gasteiger partial charge in [0, 0.05) is 0 Å². The molecule has 26 heavy (non-hydrogen) atoms. The molecule has 6 nitrogen and oxygen atoms in total. The molecule has 0 bridgehead atoms. The highest BCUT2D eigenvalue weighted by Crippen LogP contribution is 2.22. The monoisotopic (exact) mass is 372 g/mol. The number of halogens is 2. The number of phenols is 1. The quantitative estimate of drug-likeness (QED) is 0.544. The third-order valence-corrected chi connectivity index (χ3v) is 3.99. The number of nitrogens with zero attached hydrogens (tertiary/aromatic N) is 3. The number of carbonyl (C=O) groups is 1. The van der Waals surface area contributed by atoms with Gasteiger partial charge >= 0.3 is 0 Å². The van der Waals surface area contributed by atoms with E-state index in [0.717, 1.165) is 0 Å². The zero-order valence-electron chi connectivity index (χ0n) is 13.6. The zero-order valence-corrected chi connectivity index (χ0v) is 14.4. The summed E-state index contributed by atoms with van der Waals surface area (Å²) in [6.07, 6.45) is 1.36. The van der Waals surface area contributed by atoms with E-state index in [0.29, 0.717) is 16.9 Å². The second kappa shape index (κ2) is 7.37. The van der Waals surface area contributed by atoms with Gasteiger partial charge in [-0.1, -0.05) is 23.7 Å². The highest BCUT2D eigenvalue weighted by Gasteiger charge is 2.14. The van der Waals surface area contributed by atoms with Crippen LogP contribution in [-0.4, -0.2) is 27.0 Å². The minimum Gasteiger partial charge on any atom is -0.507 e. The molecule has 0 atom stereocenters. The van der Waals surface area contributed by atoms with Crippen molar-refractivity contribution in [2.45, 2.75) is 6.92 Å². The number of benzene rings is 2. The number of aromatic hydroxyl groups is 1. The third kappa shape index (κ3) is 3.57. The number of hydrazone groups is 1. The van der Waals surface area contributed by atoms with Gasteiger partial charge in [-0.15, -0.1) is 0 Å². The number of rotatable bonds is 4. The van der Waals surface area contributed by atoms with Crippen LogP contribution < -0.4 is 5.43 Å². The van der Waals surface area contributed by atoms with Crippen molar-refractivity contribution in [3.8, 4) is 11.4 Å². The number of phenolic OH excluding ortho intramolecular Hbond substituents is 1. The Bertz CT molecular complexity index is 983. The summed E-state index contributed by atoms with van der Waals surface area (Å²) in [5, 5.41) is 18.1. The summed E-state index contributed by atoms with van der Waals surface area (Å²) in [7, 11) is 0. The van der Waals surface area contributed by atoms with E-state index in [-0.39, 0.29) is 22.3 Å². The number of para-hydroxylation sites is 1. The van der Waals surface area contributed by atoms with E-state index in [9.17, 15) is 14.3 Å². The van der Waals surface area contributed by atoms with Crippen LogP contribution in [0.2, 0.25) is 5.15 Å². The summed E-state index contributed by atoms with van der Waals surface area (Å²) < 4.78 is 14.5. The van der Waals surface area contributed by atoms with Crippen molar-refractivity contribution in [1.29, 1.82) is 0 Å². The second-order valence-electron chi connectivity index (χ2n) is 5.39. The number of hydrogen-bond acceptors (Lipinski definition) is 4. The van der Waals surface area contributed by atoms with Gasteiger partial charge < -0.3 is 5.11 Å². The maximum Gasteiger partial charge on any atom is 0.275 e. The van der Waals surface area contributed by atoms with Crippen molar-refractivity contribution in [3.63, 3.8) is 0 Å². The fourth-order valence-electron chi connectivity index (χ4n) is 2.29. The number of nitrogens with one attached hydrogen (secondary N) is 1. The van der Waals surface area contributed by atoms with Crippen LogP contribution in [-0.2, 0) is 0 Å². The average molecular weight is 373 g/mol. The van der Waals surface area contributed by atoms with Gasteiger partial charge in [0.2, 0.25) is 0 Å². The lowest BCUT2D eigenvalue weighted by atomic mass is 10.2. The molecule has 0 saturated carbocycles. The molecular weight excluding hydrogens is 359 g/mol. The van der Waals surface area contributed by atoms with E-state index in [1.165, 1.54) is 35.2 Å². The maximum absolute atomic E-state index is 13.1. The molecule has 0 spiro atoms. The van der Waals surface area contributed by atoms with E-state index < -0.39 is 5.91 Å². The van der Waals surface area contributed by atoms with Crippen LogP contribution in [0, 0.1) is 12.7 Å². The Morgan fingerprint density at radius 3 is 2.65 bits per heavy atom. The van der Waals surface area contributed by atoms with Crippen molar-refractivity contribution in [1.82, 2.24) is 15.2 Å². The van der Waals surface area contributed by atoms with Crippen LogP contribution >= 0.6 is 11.6 Å². The molecular formula is C18H14ClFN4O2. The summed E-state index contributed by atoms with van der Waals surface area (Å²) in [4.78, 5) is 12.0. The Balaban J connectivity index is 1.80. The Morgan fingerprint density at radius 2 is 1.96 bits per heavy atom. The van der Waals surface area contributed by atoms with Crippen molar-refractivity contribution in [3.05, 3.63) is 76.3 Å². The minimum absolute atomic E-state index is 0.106. The third-order valence-electron chi connectivity index (χ3n) is 3.63. The topological polar surface area (TPSA) is 79.5 Å².